The van der Waals surface area contributed by atoms with Gasteiger partial charge in [-0.3, -0.25) is 0 Å². The van der Waals surface area contributed by atoms with Gasteiger partial charge in [-0.1, -0.05) is 32.6 Å². The molecule has 1 rings (SSSR count). The van der Waals surface area contributed by atoms with Crippen LogP contribution >= 0.6 is 0 Å². The van der Waals surface area contributed by atoms with E-state index in [-0.39, 0.29) is 0 Å². The molecule has 1 aliphatic carbocycles. The van der Waals surface area contributed by atoms with E-state index in [2.05, 4.69) is 38.5 Å². The maximum Gasteiger partial charge on any atom is 0.0125 e. The summed E-state index contributed by atoms with van der Waals surface area (Å²) in [5.41, 5.74) is 0.321. The lowest BCUT2D eigenvalue weighted by atomic mass is 9.77. The van der Waals surface area contributed by atoms with E-state index in [0.29, 0.717) is 5.54 Å². The average Bonchev–Trinajstić information content (AvgIpc) is 2.31. The summed E-state index contributed by atoms with van der Waals surface area (Å²) in [6, 6.07) is 0. The first-order chi connectivity index (χ1) is 8.59. The monoisotopic (exact) mass is 254 g/mol. The van der Waals surface area contributed by atoms with Gasteiger partial charge < -0.3 is 10.6 Å². The molecule has 0 aliphatic heterocycles. The number of rotatable bonds is 8. The summed E-state index contributed by atoms with van der Waals surface area (Å²) in [6.07, 6.45) is 9.68. The Bertz CT molecular complexity index is 211. The van der Waals surface area contributed by atoms with E-state index in [1.54, 1.807) is 0 Å². The second-order valence-corrected chi connectivity index (χ2v) is 6.71. The van der Waals surface area contributed by atoms with Crippen molar-refractivity contribution in [2.45, 2.75) is 71.3 Å². The Morgan fingerprint density at radius 3 is 2.39 bits per heavy atom. The van der Waals surface area contributed by atoms with Crippen LogP contribution in [0.15, 0.2) is 0 Å². The van der Waals surface area contributed by atoms with Gasteiger partial charge in [-0.05, 0) is 65.1 Å². The molecular weight excluding hydrogens is 220 g/mol. The maximum absolute atomic E-state index is 3.75. The van der Waals surface area contributed by atoms with Crippen LogP contribution < -0.4 is 10.6 Å². The third kappa shape index (κ3) is 5.71. The summed E-state index contributed by atoms with van der Waals surface area (Å²) in [6.45, 7) is 9.35. The molecular formula is C16H34N2. The van der Waals surface area contributed by atoms with E-state index >= 15 is 0 Å². The minimum Gasteiger partial charge on any atom is -0.319 e. The van der Waals surface area contributed by atoms with Crippen molar-refractivity contribution < 1.29 is 0 Å². The van der Waals surface area contributed by atoms with Gasteiger partial charge >= 0.3 is 0 Å². The number of hydrogen-bond acceptors (Lipinski definition) is 2. The normalized spacial score (nSPS) is 25.3. The molecule has 0 spiro atoms. The molecule has 2 N–H and O–H groups in total. The molecule has 0 radical (unpaired) electrons. The Labute approximate surface area is 114 Å². The molecule has 0 aromatic carbocycles. The molecule has 0 bridgehead atoms. The lowest BCUT2D eigenvalue weighted by molar-refractivity contribution is 0.212. The van der Waals surface area contributed by atoms with Gasteiger partial charge in [0.2, 0.25) is 0 Å². The van der Waals surface area contributed by atoms with Gasteiger partial charge in [0.25, 0.3) is 0 Å². The molecule has 2 nitrogen and oxygen atoms in total. The lowest BCUT2D eigenvalue weighted by Gasteiger charge is -2.33. The zero-order valence-electron chi connectivity index (χ0n) is 13.0. The van der Waals surface area contributed by atoms with Crippen LogP contribution in [-0.2, 0) is 0 Å². The van der Waals surface area contributed by atoms with Crippen molar-refractivity contribution in [3.8, 4) is 0 Å². The van der Waals surface area contributed by atoms with Crippen LogP contribution in [0.3, 0.4) is 0 Å². The molecule has 0 aromatic rings. The highest BCUT2D eigenvalue weighted by Crippen LogP contribution is 2.31. The van der Waals surface area contributed by atoms with Crippen molar-refractivity contribution >= 4 is 0 Å². The largest absolute Gasteiger partial charge is 0.319 e. The van der Waals surface area contributed by atoms with Crippen molar-refractivity contribution in [2.75, 3.05) is 20.1 Å². The molecule has 1 fully saturated rings. The Morgan fingerprint density at radius 2 is 1.78 bits per heavy atom. The van der Waals surface area contributed by atoms with E-state index in [4.69, 9.17) is 0 Å². The molecule has 2 atom stereocenters. The number of hydrogen-bond donors (Lipinski definition) is 2. The van der Waals surface area contributed by atoms with Gasteiger partial charge in [-0.15, -0.1) is 0 Å². The minimum absolute atomic E-state index is 0.321. The Morgan fingerprint density at radius 1 is 1.11 bits per heavy atom. The molecule has 2 unspecified atom stereocenters. The first-order valence-corrected chi connectivity index (χ1v) is 7.98. The van der Waals surface area contributed by atoms with Crippen LogP contribution in [0.25, 0.3) is 0 Å². The standard InChI is InChI=1S/C16H34N2/c1-5-11-16(2,3)18-12-10-14-8-6-7-9-15(14)13-17-4/h14-15,17-18H,5-13H2,1-4H3. The van der Waals surface area contributed by atoms with Crippen molar-refractivity contribution in [3.05, 3.63) is 0 Å². The topological polar surface area (TPSA) is 24.1 Å². The predicted octanol–water partition coefficient (Wildman–Crippen LogP) is 3.57. The fourth-order valence-corrected chi connectivity index (χ4v) is 3.50. The minimum atomic E-state index is 0.321. The Kier molecular flexibility index (Phi) is 7.25. The van der Waals surface area contributed by atoms with Gasteiger partial charge in [0, 0.05) is 5.54 Å². The zero-order chi connectivity index (χ0) is 13.4. The van der Waals surface area contributed by atoms with Gasteiger partial charge in [0.15, 0.2) is 0 Å². The Balaban J connectivity index is 2.27. The summed E-state index contributed by atoms with van der Waals surface area (Å²) in [5.74, 6) is 1.86. The van der Waals surface area contributed by atoms with Crippen LogP contribution in [0.5, 0.6) is 0 Å². The molecule has 1 aliphatic rings. The van der Waals surface area contributed by atoms with Gasteiger partial charge in [-0.2, -0.15) is 0 Å². The lowest BCUT2D eigenvalue weighted by Crippen LogP contribution is -2.41. The van der Waals surface area contributed by atoms with Gasteiger partial charge in [0.1, 0.15) is 0 Å². The summed E-state index contributed by atoms with van der Waals surface area (Å²) < 4.78 is 0. The third-order valence-electron chi connectivity index (χ3n) is 4.53. The van der Waals surface area contributed by atoms with E-state index < -0.39 is 0 Å². The smallest absolute Gasteiger partial charge is 0.0125 e. The molecule has 18 heavy (non-hydrogen) atoms. The zero-order valence-corrected chi connectivity index (χ0v) is 13.0. The van der Waals surface area contributed by atoms with E-state index in [1.165, 1.54) is 58.0 Å². The second kappa shape index (κ2) is 8.16. The van der Waals surface area contributed by atoms with Crippen molar-refractivity contribution in [1.29, 1.82) is 0 Å². The second-order valence-electron chi connectivity index (χ2n) is 6.71. The molecule has 2 heteroatoms. The van der Waals surface area contributed by atoms with Gasteiger partial charge in [0.05, 0.1) is 0 Å². The predicted molar refractivity (Wildman–Crippen MR) is 81.0 cm³/mol. The highest BCUT2D eigenvalue weighted by molar-refractivity contribution is 4.80. The van der Waals surface area contributed by atoms with Crippen LogP contribution in [0.2, 0.25) is 0 Å². The van der Waals surface area contributed by atoms with Crippen LogP contribution in [-0.4, -0.2) is 25.7 Å². The van der Waals surface area contributed by atoms with Crippen LogP contribution in [0.1, 0.15) is 65.7 Å². The fourth-order valence-electron chi connectivity index (χ4n) is 3.50. The maximum atomic E-state index is 3.75. The average molecular weight is 254 g/mol. The molecule has 0 saturated heterocycles. The van der Waals surface area contributed by atoms with Gasteiger partial charge in [-0.25, -0.2) is 0 Å². The van der Waals surface area contributed by atoms with E-state index in [9.17, 15) is 0 Å². The highest BCUT2D eigenvalue weighted by Gasteiger charge is 2.24. The molecule has 1 saturated carbocycles. The highest BCUT2D eigenvalue weighted by atomic mass is 14.9. The Hall–Kier alpha value is -0.0800. The van der Waals surface area contributed by atoms with E-state index in [0.717, 1.165) is 11.8 Å². The molecule has 108 valence electrons. The summed E-state index contributed by atoms with van der Waals surface area (Å²) in [7, 11) is 2.09. The molecule has 0 amide bonds. The summed E-state index contributed by atoms with van der Waals surface area (Å²) >= 11 is 0. The van der Waals surface area contributed by atoms with Crippen LogP contribution in [0, 0.1) is 11.8 Å². The van der Waals surface area contributed by atoms with E-state index in [1.807, 2.05) is 0 Å². The molecule has 0 heterocycles. The SMILES string of the molecule is CCCC(C)(C)NCCC1CCCCC1CNC. The van der Waals surface area contributed by atoms with Crippen molar-refractivity contribution in [1.82, 2.24) is 10.6 Å². The summed E-state index contributed by atoms with van der Waals surface area (Å²) in [4.78, 5) is 0. The fraction of sp³-hybridized carbons (Fsp3) is 1.00. The summed E-state index contributed by atoms with van der Waals surface area (Å²) in [5, 5.41) is 7.12. The third-order valence-corrected chi connectivity index (χ3v) is 4.53. The van der Waals surface area contributed by atoms with Crippen molar-refractivity contribution in [2.24, 2.45) is 11.8 Å². The van der Waals surface area contributed by atoms with Crippen molar-refractivity contribution in [3.63, 3.8) is 0 Å². The molecule has 0 aromatic heterocycles. The first-order valence-electron chi connectivity index (χ1n) is 7.98. The van der Waals surface area contributed by atoms with Crippen LogP contribution in [0.4, 0.5) is 0 Å². The first kappa shape index (κ1) is 16.0. The quantitative estimate of drug-likeness (QED) is 0.692. The number of nitrogens with one attached hydrogen (secondary N) is 2.